The van der Waals surface area contributed by atoms with Crippen LogP contribution in [0.25, 0.3) is 0 Å². The standard InChI is InChI=1S/C13H17N5O/c1-17(2)13(19)11-4-3-5-18(11)12-10(15)6-9(7-14)8-16-12/h6,8,11H,3-5,15H2,1-2H3. The molecule has 1 unspecified atom stereocenters. The van der Waals surface area contributed by atoms with Crippen LogP contribution in [0, 0.1) is 11.3 Å². The second kappa shape index (κ2) is 5.14. The third kappa shape index (κ3) is 2.45. The Balaban J connectivity index is 2.31. The largest absolute Gasteiger partial charge is 0.396 e. The summed E-state index contributed by atoms with van der Waals surface area (Å²) in [6.45, 7) is 0.757. The maximum absolute atomic E-state index is 12.1. The summed E-state index contributed by atoms with van der Waals surface area (Å²) in [6, 6.07) is 3.39. The highest BCUT2D eigenvalue weighted by Gasteiger charge is 2.33. The highest BCUT2D eigenvalue weighted by molar-refractivity contribution is 5.86. The van der Waals surface area contributed by atoms with Crippen LogP contribution in [0.1, 0.15) is 18.4 Å². The van der Waals surface area contributed by atoms with E-state index in [1.807, 2.05) is 11.0 Å². The molecule has 1 aromatic heterocycles. The van der Waals surface area contributed by atoms with Gasteiger partial charge in [0, 0.05) is 26.8 Å². The van der Waals surface area contributed by atoms with Gasteiger partial charge in [-0.05, 0) is 18.9 Å². The molecule has 0 bridgehead atoms. The Morgan fingerprint density at radius 2 is 2.37 bits per heavy atom. The number of anilines is 2. The first-order valence-corrected chi connectivity index (χ1v) is 6.18. The highest BCUT2D eigenvalue weighted by atomic mass is 16.2. The van der Waals surface area contributed by atoms with Crippen LogP contribution in [0.3, 0.4) is 0 Å². The molecular formula is C13H17N5O. The molecular weight excluding hydrogens is 242 g/mol. The summed E-state index contributed by atoms with van der Waals surface area (Å²) in [6.07, 6.45) is 3.23. The third-order valence-electron chi connectivity index (χ3n) is 3.27. The molecule has 2 rings (SSSR count). The van der Waals surface area contributed by atoms with E-state index in [9.17, 15) is 4.79 Å². The van der Waals surface area contributed by atoms with Gasteiger partial charge in [0.05, 0.1) is 11.3 Å². The average Bonchev–Trinajstić information content (AvgIpc) is 2.86. The number of pyridine rings is 1. The lowest BCUT2D eigenvalue weighted by atomic mass is 10.2. The van der Waals surface area contributed by atoms with Crippen LogP contribution in [0.5, 0.6) is 0 Å². The number of aromatic nitrogens is 1. The first-order chi connectivity index (χ1) is 9.04. The third-order valence-corrected chi connectivity index (χ3v) is 3.27. The van der Waals surface area contributed by atoms with Crippen LogP contribution in [-0.2, 0) is 4.79 Å². The number of nitrogens with zero attached hydrogens (tertiary/aromatic N) is 4. The van der Waals surface area contributed by atoms with E-state index in [1.165, 1.54) is 6.20 Å². The number of likely N-dealkylation sites (N-methyl/N-ethyl adjacent to an activating group) is 1. The lowest BCUT2D eigenvalue weighted by Gasteiger charge is -2.27. The fraction of sp³-hybridized carbons (Fsp3) is 0.462. The van der Waals surface area contributed by atoms with Crippen LogP contribution in [0.4, 0.5) is 11.5 Å². The van der Waals surface area contributed by atoms with Crippen molar-refractivity contribution in [3.05, 3.63) is 17.8 Å². The maximum atomic E-state index is 12.1. The van der Waals surface area contributed by atoms with E-state index in [1.54, 1.807) is 25.1 Å². The van der Waals surface area contributed by atoms with Gasteiger partial charge in [-0.2, -0.15) is 5.26 Å². The monoisotopic (exact) mass is 259 g/mol. The zero-order chi connectivity index (χ0) is 14.0. The molecule has 100 valence electrons. The van der Waals surface area contributed by atoms with E-state index in [0.29, 0.717) is 17.1 Å². The quantitative estimate of drug-likeness (QED) is 0.840. The number of carbonyl (C=O) groups is 1. The molecule has 1 fully saturated rings. The van der Waals surface area contributed by atoms with E-state index in [0.717, 1.165) is 19.4 Å². The average molecular weight is 259 g/mol. The number of carbonyl (C=O) groups excluding carboxylic acids is 1. The van der Waals surface area contributed by atoms with Crippen molar-refractivity contribution in [3.8, 4) is 6.07 Å². The fourth-order valence-corrected chi connectivity index (χ4v) is 2.35. The molecule has 1 saturated heterocycles. The van der Waals surface area contributed by atoms with Gasteiger partial charge < -0.3 is 15.5 Å². The number of amides is 1. The minimum Gasteiger partial charge on any atom is -0.396 e. The van der Waals surface area contributed by atoms with Crippen molar-refractivity contribution in [3.63, 3.8) is 0 Å². The van der Waals surface area contributed by atoms with Gasteiger partial charge in [0.2, 0.25) is 5.91 Å². The summed E-state index contributed by atoms with van der Waals surface area (Å²) in [5, 5.41) is 8.81. The Bertz CT molecular complexity index is 534. The summed E-state index contributed by atoms with van der Waals surface area (Å²) in [4.78, 5) is 19.9. The van der Waals surface area contributed by atoms with Crippen molar-refractivity contribution >= 4 is 17.4 Å². The van der Waals surface area contributed by atoms with Gasteiger partial charge >= 0.3 is 0 Å². The summed E-state index contributed by atoms with van der Waals surface area (Å²) >= 11 is 0. The lowest BCUT2D eigenvalue weighted by molar-refractivity contribution is -0.129. The van der Waals surface area contributed by atoms with Gasteiger partial charge in [-0.25, -0.2) is 4.98 Å². The van der Waals surface area contributed by atoms with E-state index in [2.05, 4.69) is 4.98 Å². The summed E-state index contributed by atoms with van der Waals surface area (Å²) in [5.41, 5.74) is 6.80. The van der Waals surface area contributed by atoms with Gasteiger partial charge in [0.1, 0.15) is 12.1 Å². The molecule has 0 spiro atoms. The van der Waals surface area contributed by atoms with E-state index in [4.69, 9.17) is 11.0 Å². The molecule has 2 N–H and O–H groups in total. The first-order valence-electron chi connectivity index (χ1n) is 6.18. The van der Waals surface area contributed by atoms with Crippen molar-refractivity contribution < 1.29 is 4.79 Å². The molecule has 1 amide bonds. The zero-order valence-electron chi connectivity index (χ0n) is 11.1. The van der Waals surface area contributed by atoms with Crippen molar-refractivity contribution in [1.29, 1.82) is 5.26 Å². The van der Waals surface area contributed by atoms with Crippen molar-refractivity contribution in [2.45, 2.75) is 18.9 Å². The molecule has 1 aliphatic heterocycles. The molecule has 0 aliphatic carbocycles. The predicted molar refractivity (Wildman–Crippen MR) is 72.4 cm³/mol. The minimum atomic E-state index is -0.210. The smallest absolute Gasteiger partial charge is 0.244 e. The molecule has 0 aromatic carbocycles. The Labute approximate surface area is 112 Å². The molecule has 1 atom stereocenters. The van der Waals surface area contributed by atoms with Crippen LogP contribution in [0.2, 0.25) is 0 Å². The van der Waals surface area contributed by atoms with Crippen molar-refractivity contribution in [2.24, 2.45) is 0 Å². The van der Waals surface area contributed by atoms with E-state index < -0.39 is 0 Å². The first kappa shape index (κ1) is 13.1. The van der Waals surface area contributed by atoms with Gasteiger partial charge in [0.25, 0.3) is 0 Å². The van der Waals surface area contributed by atoms with Gasteiger partial charge in [-0.3, -0.25) is 4.79 Å². The molecule has 1 aromatic rings. The molecule has 6 nitrogen and oxygen atoms in total. The second-order valence-corrected chi connectivity index (χ2v) is 4.83. The summed E-state index contributed by atoms with van der Waals surface area (Å²) in [7, 11) is 3.49. The second-order valence-electron chi connectivity index (χ2n) is 4.83. The number of nitrogens with two attached hydrogens (primary N) is 1. The lowest BCUT2D eigenvalue weighted by Crippen LogP contribution is -2.43. The van der Waals surface area contributed by atoms with Crippen LogP contribution in [0.15, 0.2) is 12.3 Å². The molecule has 0 radical (unpaired) electrons. The topological polar surface area (TPSA) is 86.2 Å². The van der Waals surface area contributed by atoms with E-state index >= 15 is 0 Å². The Hall–Kier alpha value is -2.29. The minimum absolute atomic E-state index is 0.0584. The van der Waals surface area contributed by atoms with Gasteiger partial charge in [0.15, 0.2) is 5.82 Å². The molecule has 2 heterocycles. The zero-order valence-corrected chi connectivity index (χ0v) is 11.1. The Morgan fingerprint density at radius 3 is 2.95 bits per heavy atom. The number of nitriles is 1. The number of nitrogen functional groups attached to an aromatic ring is 1. The summed E-state index contributed by atoms with van der Waals surface area (Å²) < 4.78 is 0. The van der Waals surface area contributed by atoms with Gasteiger partial charge in [-0.1, -0.05) is 0 Å². The maximum Gasteiger partial charge on any atom is 0.244 e. The van der Waals surface area contributed by atoms with Crippen LogP contribution < -0.4 is 10.6 Å². The predicted octanol–water partition coefficient (Wildman–Crippen LogP) is 0.592. The van der Waals surface area contributed by atoms with Crippen molar-refractivity contribution in [2.75, 3.05) is 31.3 Å². The Morgan fingerprint density at radius 1 is 1.63 bits per heavy atom. The normalized spacial score (nSPS) is 18.2. The number of rotatable bonds is 2. The number of hydrogen-bond acceptors (Lipinski definition) is 5. The number of hydrogen-bond donors (Lipinski definition) is 1. The summed E-state index contributed by atoms with van der Waals surface area (Å²) in [5.74, 6) is 0.653. The molecule has 19 heavy (non-hydrogen) atoms. The molecule has 6 heteroatoms. The fourth-order valence-electron chi connectivity index (χ4n) is 2.35. The van der Waals surface area contributed by atoms with Crippen molar-refractivity contribution in [1.82, 2.24) is 9.88 Å². The Kier molecular flexibility index (Phi) is 3.56. The highest BCUT2D eigenvalue weighted by Crippen LogP contribution is 2.29. The SMILES string of the molecule is CN(C)C(=O)C1CCCN1c1ncc(C#N)cc1N. The van der Waals surface area contributed by atoms with Gasteiger partial charge in [-0.15, -0.1) is 0 Å². The molecule has 0 saturated carbocycles. The van der Waals surface area contributed by atoms with Crippen LogP contribution in [-0.4, -0.2) is 42.5 Å². The molecule has 1 aliphatic rings. The van der Waals surface area contributed by atoms with E-state index in [-0.39, 0.29) is 11.9 Å². The van der Waals surface area contributed by atoms with Crippen LogP contribution >= 0.6 is 0 Å².